The second-order valence-electron chi connectivity index (χ2n) is 4.33. The minimum Gasteiger partial charge on any atom is -0.468 e. The largest absolute Gasteiger partial charge is 0.468 e. The maximum Gasteiger partial charge on any atom is 0.322 e. The third kappa shape index (κ3) is 2.42. The number of halogens is 2. The van der Waals surface area contributed by atoms with Gasteiger partial charge in [-0.25, -0.2) is 8.78 Å². The van der Waals surface area contributed by atoms with E-state index in [1.54, 1.807) is 0 Å². The normalized spacial score (nSPS) is 25.9. The van der Waals surface area contributed by atoms with Gasteiger partial charge in [-0.1, -0.05) is 12.1 Å². The fourth-order valence-electron chi connectivity index (χ4n) is 2.29. The molecule has 0 aliphatic carbocycles. The first-order valence-electron chi connectivity index (χ1n) is 5.76. The van der Waals surface area contributed by atoms with E-state index in [2.05, 4.69) is 10.1 Å². The van der Waals surface area contributed by atoms with Crippen LogP contribution in [-0.4, -0.2) is 19.1 Å². The molecule has 0 spiro atoms. The maximum absolute atomic E-state index is 13.7. The number of nitriles is 1. The Morgan fingerprint density at radius 1 is 1.53 bits per heavy atom. The van der Waals surface area contributed by atoms with Crippen molar-refractivity contribution >= 4 is 5.97 Å². The maximum atomic E-state index is 13.7. The zero-order chi connectivity index (χ0) is 14.0. The first kappa shape index (κ1) is 13.4. The summed E-state index contributed by atoms with van der Waals surface area (Å²) in [6.07, 6.45) is 0.212. The number of hydrogen-bond donors (Lipinski definition) is 1. The van der Waals surface area contributed by atoms with Crippen molar-refractivity contribution in [1.29, 1.82) is 5.26 Å². The van der Waals surface area contributed by atoms with Crippen LogP contribution in [-0.2, 0) is 9.53 Å². The second-order valence-corrected chi connectivity index (χ2v) is 4.33. The Labute approximate surface area is 109 Å². The van der Waals surface area contributed by atoms with Crippen LogP contribution in [0.1, 0.15) is 18.0 Å². The summed E-state index contributed by atoms with van der Waals surface area (Å²) in [6.45, 7) is 0. The zero-order valence-corrected chi connectivity index (χ0v) is 10.2. The van der Waals surface area contributed by atoms with Crippen LogP contribution in [0, 0.1) is 28.9 Å². The molecule has 4 nitrogen and oxygen atoms in total. The van der Waals surface area contributed by atoms with Crippen LogP contribution >= 0.6 is 0 Å². The molecule has 2 rings (SSSR count). The first-order chi connectivity index (χ1) is 9.08. The van der Waals surface area contributed by atoms with E-state index in [-0.39, 0.29) is 12.0 Å². The van der Waals surface area contributed by atoms with Gasteiger partial charge in [0.1, 0.15) is 6.04 Å². The van der Waals surface area contributed by atoms with E-state index >= 15 is 0 Å². The Morgan fingerprint density at radius 2 is 2.26 bits per heavy atom. The van der Waals surface area contributed by atoms with E-state index in [0.717, 1.165) is 6.07 Å². The van der Waals surface area contributed by atoms with Gasteiger partial charge in [0.2, 0.25) is 0 Å². The lowest BCUT2D eigenvalue weighted by atomic mass is 9.94. The molecule has 0 bridgehead atoms. The van der Waals surface area contributed by atoms with Crippen LogP contribution in [0.4, 0.5) is 8.78 Å². The van der Waals surface area contributed by atoms with Crippen molar-refractivity contribution in [3.05, 3.63) is 35.4 Å². The molecule has 19 heavy (non-hydrogen) atoms. The molecule has 3 atom stereocenters. The number of methoxy groups -OCH3 is 1. The van der Waals surface area contributed by atoms with Crippen molar-refractivity contribution in [3.63, 3.8) is 0 Å². The molecule has 0 unspecified atom stereocenters. The van der Waals surface area contributed by atoms with Gasteiger partial charge in [-0.05, 0) is 12.5 Å². The van der Waals surface area contributed by atoms with Gasteiger partial charge in [0, 0.05) is 5.56 Å². The number of nitrogens with one attached hydrogen (secondary N) is 1. The van der Waals surface area contributed by atoms with Crippen molar-refractivity contribution in [2.75, 3.05) is 7.11 Å². The van der Waals surface area contributed by atoms with E-state index in [1.165, 1.54) is 19.2 Å². The van der Waals surface area contributed by atoms with E-state index < -0.39 is 35.6 Å². The lowest BCUT2D eigenvalue weighted by Crippen LogP contribution is -2.33. The molecule has 1 aromatic carbocycles. The third-order valence-electron chi connectivity index (χ3n) is 3.24. The quantitative estimate of drug-likeness (QED) is 0.827. The summed E-state index contributed by atoms with van der Waals surface area (Å²) in [5.74, 6) is -3.09. The van der Waals surface area contributed by atoms with Crippen molar-refractivity contribution in [2.45, 2.75) is 18.5 Å². The molecular weight excluding hydrogens is 254 g/mol. The van der Waals surface area contributed by atoms with Crippen molar-refractivity contribution in [2.24, 2.45) is 5.92 Å². The summed E-state index contributed by atoms with van der Waals surface area (Å²) in [5.41, 5.74) is 0.0537. The fourth-order valence-corrected chi connectivity index (χ4v) is 2.29. The Balaban J connectivity index is 2.31. The van der Waals surface area contributed by atoms with Gasteiger partial charge < -0.3 is 4.74 Å². The monoisotopic (exact) mass is 266 g/mol. The third-order valence-corrected chi connectivity index (χ3v) is 3.24. The topological polar surface area (TPSA) is 62.1 Å². The van der Waals surface area contributed by atoms with Gasteiger partial charge in [0.25, 0.3) is 0 Å². The van der Waals surface area contributed by atoms with Crippen molar-refractivity contribution in [1.82, 2.24) is 5.32 Å². The van der Waals surface area contributed by atoms with E-state index in [0.29, 0.717) is 0 Å². The summed E-state index contributed by atoms with van der Waals surface area (Å²) >= 11 is 0. The van der Waals surface area contributed by atoms with Gasteiger partial charge >= 0.3 is 5.97 Å². The first-order valence-corrected chi connectivity index (χ1v) is 5.76. The lowest BCUT2D eigenvalue weighted by molar-refractivity contribution is -0.142. The molecule has 0 aromatic heterocycles. The van der Waals surface area contributed by atoms with Crippen molar-refractivity contribution < 1.29 is 18.3 Å². The smallest absolute Gasteiger partial charge is 0.322 e. The Hall–Kier alpha value is -2.00. The molecule has 1 aromatic rings. The molecule has 1 aliphatic rings. The highest BCUT2D eigenvalue weighted by Crippen LogP contribution is 2.34. The summed E-state index contributed by atoms with van der Waals surface area (Å²) in [5, 5.41) is 11.9. The van der Waals surface area contributed by atoms with Crippen LogP contribution in [0.5, 0.6) is 0 Å². The van der Waals surface area contributed by atoms with Gasteiger partial charge in [0.15, 0.2) is 11.6 Å². The molecule has 1 N–H and O–H groups in total. The molecule has 1 saturated heterocycles. The fraction of sp³-hybridized carbons (Fsp3) is 0.385. The van der Waals surface area contributed by atoms with Crippen LogP contribution in [0.3, 0.4) is 0 Å². The second kappa shape index (κ2) is 5.33. The van der Waals surface area contributed by atoms with Gasteiger partial charge in [-0.2, -0.15) is 5.26 Å². The highest BCUT2D eigenvalue weighted by Gasteiger charge is 2.40. The number of esters is 1. The van der Waals surface area contributed by atoms with E-state index in [9.17, 15) is 13.6 Å². The minimum absolute atomic E-state index is 0.0537. The van der Waals surface area contributed by atoms with Crippen molar-refractivity contribution in [3.8, 4) is 6.07 Å². The van der Waals surface area contributed by atoms with Crippen LogP contribution in [0.25, 0.3) is 0 Å². The minimum atomic E-state index is -0.995. The highest BCUT2D eigenvalue weighted by atomic mass is 19.2. The predicted molar refractivity (Wildman–Crippen MR) is 61.8 cm³/mol. The molecule has 0 radical (unpaired) electrons. The lowest BCUT2D eigenvalue weighted by Gasteiger charge is -2.16. The predicted octanol–water partition coefficient (Wildman–Crippen LogP) is 1.68. The Morgan fingerprint density at radius 3 is 2.89 bits per heavy atom. The van der Waals surface area contributed by atoms with Gasteiger partial charge in [0.05, 0.1) is 25.1 Å². The van der Waals surface area contributed by atoms with Crippen LogP contribution in [0.2, 0.25) is 0 Å². The number of ether oxygens (including phenoxy) is 1. The zero-order valence-electron chi connectivity index (χ0n) is 10.2. The average Bonchev–Trinajstić information content (AvgIpc) is 2.85. The summed E-state index contributed by atoms with van der Waals surface area (Å²) in [6, 6.07) is 4.39. The molecule has 1 heterocycles. The number of benzene rings is 1. The Bertz CT molecular complexity index is 542. The number of carbonyl (C=O) groups is 1. The summed E-state index contributed by atoms with van der Waals surface area (Å²) in [7, 11) is 1.24. The van der Waals surface area contributed by atoms with E-state index in [1.807, 2.05) is 6.07 Å². The summed E-state index contributed by atoms with van der Waals surface area (Å²) < 4.78 is 31.5. The number of hydrogen-bond acceptors (Lipinski definition) is 4. The molecule has 1 fully saturated rings. The van der Waals surface area contributed by atoms with E-state index in [4.69, 9.17) is 5.26 Å². The molecular formula is C13H12F2N2O2. The number of carbonyl (C=O) groups excluding carboxylic acids is 1. The SMILES string of the molecule is COC(=O)[C@@H]1C[C@@H](C#N)[C@H](c2cccc(F)c2F)N1. The van der Waals surface area contributed by atoms with Crippen LogP contribution in [0.15, 0.2) is 18.2 Å². The average molecular weight is 266 g/mol. The molecule has 6 heteroatoms. The standard InChI is InChI=1S/C13H12F2N2O2/c1-19-13(18)10-5-7(6-16)12(17-10)8-3-2-4-9(14)11(8)15/h2-4,7,10,12,17H,5H2,1H3/t7-,10-,12+/m0/s1. The van der Waals surface area contributed by atoms with Crippen LogP contribution < -0.4 is 5.32 Å². The molecule has 0 saturated carbocycles. The molecule has 1 aliphatic heterocycles. The molecule has 100 valence electrons. The Kier molecular flexibility index (Phi) is 3.76. The highest BCUT2D eigenvalue weighted by molar-refractivity contribution is 5.76. The van der Waals surface area contributed by atoms with Gasteiger partial charge in [-0.3, -0.25) is 10.1 Å². The molecule has 0 amide bonds. The number of rotatable bonds is 2. The number of nitrogens with zero attached hydrogens (tertiary/aromatic N) is 1. The summed E-state index contributed by atoms with van der Waals surface area (Å²) in [4.78, 5) is 11.4. The van der Waals surface area contributed by atoms with Gasteiger partial charge in [-0.15, -0.1) is 0 Å².